The van der Waals surface area contributed by atoms with Crippen molar-refractivity contribution in [1.82, 2.24) is 0 Å². The minimum Gasteiger partial charge on any atom is -0.497 e. The van der Waals surface area contributed by atoms with Crippen LogP contribution in [0.2, 0.25) is 0 Å². The number of para-hydroxylation sites is 1. The zero-order valence-electron chi connectivity index (χ0n) is 20.7. The van der Waals surface area contributed by atoms with E-state index in [4.69, 9.17) is 14.2 Å². The van der Waals surface area contributed by atoms with Gasteiger partial charge in [-0.05, 0) is 67.6 Å². The molecule has 12 heteroatoms. The molecule has 4 rings (SSSR count). The van der Waals surface area contributed by atoms with Gasteiger partial charge < -0.3 is 19.5 Å². The van der Waals surface area contributed by atoms with Gasteiger partial charge in [0, 0.05) is 4.88 Å². The normalized spacial score (nSPS) is 12.7. The predicted octanol–water partition coefficient (Wildman–Crippen LogP) is 4.02. The molecule has 0 radical (unpaired) electrons. The van der Waals surface area contributed by atoms with Crippen LogP contribution in [-0.4, -0.2) is 47.1 Å². The van der Waals surface area contributed by atoms with Gasteiger partial charge in [-0.1, -0.05) is 12.1 Å². The summed E-state index contributed by atoms with van der Waals surface area (Å²) in [4.78, 5) is 38.8. The molecule has 0 spiro atoms. The molecule has 10 nitrogen and oxygen atoms in total. The lowest BCUT2D eigenvalue weighted by molar-refractivity contribution is -0.119. The Bertz CT molecular complexity index is 1460. The summed E-state index contributed by atoms with van der Waals surface area (Å²) in [6.07, 6.45) is 3.49. The summed E-state index contributed by atoms with van der Waals surface area (Å²) in [5.74, 6) is -1.58. The fourth-order valence-corrected chi connectivity index (χ4v) is 6.43. The maximum Gasteiger partial charge on any atom is 0.341 e. The number of sulfonamides is 1. The second kappa shape index (κ2) is 11.7. The lowest BCUT2D eigenvalue weighted by atomic mass is 9.95. The van der Waals surface area contributed by atoms with E-state index in [1.807, 2.05) is 0 Å². The van der Waals surface area contributed by atoms with Gasteiger partial charge in [-0.2, -0.15) is 0 Å². The third kappa shape index (κ3) is 5.97. The van der Waals surface area contributed by atoms with Crippen molar-refractivity contribution in [3.63, 3.8) is 0 Å². The van der Waals surface area contributed by atoms with E-state index < -0.39 is 34.5 Å². The number of carbonyl (C=O) groups excluding carboxylic acids is 3. The molecule has 200 valence electrons. The molecule has 3 aromatic rings. The Kier molecular flexibility index (Phi) is 8.32. The minimum atomic E-state index is -4.02. The number of methoxy groups -OCH3 is 2. The van der Waals surface area contributed by atoms with Gasteiger partial charge in [-0.3, -0.25) is 9.52 Å². The molecule has 1 aromatic heterocycles. The number of thiophene rings is 1. The molecule has 0 saturated carbocycles. The van der Waals surface area contributed by atoms with Crippen molar-refractivity contribution in [1.29, 1.82) is 0 Å². The van der Waals surface area contributed by atoms with Crippen LogP contribution in [-0.2, 0) is 37.1 Å². The van der Waals surface area contributed by atoms with E-state index in [0.717, 1.165) is 36.1 Å². The molecular formula is C26H26N2O8S2. The van der Waals surface area contributed by atoms with Gasteiger partial charge in [0.2, 0.25) is 0 Å². The van der Waals surface area contributed by atoms with E-state index >= 15 is 0 Å². The number of hydrogen-bond donors (Lipinski definition) is 2. The molecule has 0 bridgehead atoms. The fourth-order valence-electron chi connectivity index (χ4n) is 4.05. The maximum atomic E-state index is 12.8. The van der Waals surface area contributed by atoms with Crippen LogP contribution in [0.25, 0.3) is 0 Å². The predicted molar refractivity (Wildman–Crippen MR) is 141 cm³/mol. The van der Waals surface area contributed by atoms with Crippen LogP contribution in [0.5, 0.6) is 5.75 Å². The van der Waals surface area contributed by atoms with Crippen LogP contribution in [0.15, 0.2) is 53.4 Å². The Labute approximate surface area is 224 Å². The van der Waals surface area contributed by atoms with E-state index in [2.05, 4.69) is 10.0 Å². The number of aryl methyl sites for hydroxylation is 1. The van der Waals surface area contributed by atoms with Crippen molar-refractivity contribution in [3.05, 3.63) is 70.1 Å². The van der Waals surface area contributed by atoms with Crippen LogP contribution >= 0.6 is 11.3 Å². The lowest BCUT2D eigenvalue weighted by Crippen LogP contribution is -2.22. The SMILES string of the molecule is COC(=O)c1c(NC(=O)COC(=O)c2ccccc2NS(=O)(=O)c2ccc(OC)cc2)sc2c1CCCC2. The van der Waals surface area contributed by atoms with E-state index in [0.29, 0.717) is 16.3 Å². The first-order valence-electron chi connectivity index (χ1n) is 11.7. The standard InChI is InChI=1S/C26H26N2O8S2/c1-34-16-11-13-17(14-12-16)38(32,33)28-20-9-5-3-7-18(20)25(30)36-15-22(29)27-24-23(26(31)35-2)19-8-4-6-10-21(19)37-24/h3,5,7,9,11-14,28H,4,6,8,10,15H2,1-2H3,(H,27,29). The molecule has 2 N–H and O–H groups in total. The average Bonchev–Trinajstić information content (AvgIpc) is 3.29. The number of amides is 1. The first kappa shape index (κ1) is 27.1. The Balaban J connectivity index is 1.44. The quantitative estimate of drug-likeness (QED) is 0.376. The molecule has 0 aliphatic heterocycles. The van der Waals surface area contributed by atoms with Crippen LogP contribution in [0.3, 0.4) is 0 Å². The van der Waals surface area contributed by atoms with Gasteiger partial charge in [0.1, 0.15) is 10.8 Å². The van der Waals surface area contributed by atoms with Gasteiger partial charge >= 0.3 is 11.9 Å². The van der Waals surface area contributed by atoms with Crippen molar-refractivity contribution in [2.75, 3.05) is 30.9 Å². The second-order valence-corrected chi connectivity index (χ2v) is 11.1. The smallest absolute Gasteiger partial charge is 0.341 e. The minimum absolute atomic E-state index is 0.00682. The Hall–Kier alpha value is -3.90. The van der Waals surface area contributed by atoms with E-state index in [1.165, 1.54) is 62.0 Å². The maximum absolute atomic E-state index is 12.8. The summed E-state index contributed by atoms with van der Waals surface area (Å²) in [7, 11) is -1.27. The zero-order chi connectivity index (χ0) is 27.3. The number of anilines is 2. The number of nitrogens with one attached hydrogen (secondary N) is 2. The molecule has 1 amide bonds. The molecule has 1 aliphatic carbocycles. The molecular weight excluding hydrogens is 532 g/mol. The van der Waals surface area contributed by atoms with Crippen LogP contribution in [0.4, 0.5) is 10.7 Å². The Morgan fingerprint density at radius 3 is 2.37 bits per heavy atom. The zero-order valence-corrected chi connectivity index (χ0v) is 22.4. The van der Waals surface area contributed by atoms with E-state index in [-0.39, 0.29) is 16.1 Å². The Morgan fingerprint density at radius 1 is 0.947 bits per heavy atom. The van der Waals surface area contributed by atoms with Gasteiger partial charge in [0.05, 0.1) is 35.9 Å². The number of rotatable bonds is 9. The Morgan fingerprint density at radius 2 is 1.66 bits per heavy atom. The summed E-state index contributed by atoms with van der Waals surface area (Å²) in [6.45, 7) is -0.637. The highest BCUT2D eigenvalue weighted by molar-refractivity contribution is 7.92. The molecule has 2 aromatic carbocycles. The van der Waals surface area contributed by atoms with Gasteiger partial charge in [0.25, 0.3) is 15.9 Å². The molecule has 0 unspecified atom stereocenters. The number of esters is 2. The van der Waals surface area contributed by atoms with Gasteiger partial charge in [-0.25, -0.2) is 18.0 Å². The van der Waals surface area contributed by atoms with Crippen LogP contribution in [0.1, 0.15) is 44.0 Å². The molecule has 38 heavy (non-hydrogen) atoms. The van der Waals surface area contributed by atoms with Crippen molar-refractivity contribution >= 4 is 49.9 Å². The number of carbonyl (C=O) groups is 3. The highest BCUT2D eigenvalue weighted by Gasteiger charge is 2.27. The summed E-state index contributed by atoms with van der Waals surface area (Å²) < 4.78 is 43.2. The topological polar surface area (TPSA) is 137 Å². The summed E-state index contributed by atoms with van der Waals surface area (Å²) in [5, 5.41) is 3.01. The highest BCUT2D eigenvalue weighted by Crippen LogP contribution is 2.38. The largest absolute Gasteiger partial charge is 0.497 e. The number of benzene rings is 2. The molecule has 0 saturated heterocycles. The van der Waals surface area contributed by atoms with Gasteiger partial charge in [0.15, 0.2) is 6.61 Å². The van der Waals surface area contributed by atoms with Crippen molar-refractivity contribution < 1.29 is 37.0 Å². The first-order valence-corrected chi connectivity index (χ1v) is 14.0. The third-order valence-corrected chi connectivity index (χ3v) is 8.50. The highest BCUT2D eigenvalue weighted by atomic mass is 32.2. The average molecular weight is 559 g/mol. The summed E-state index contributed by atoms with van der Waals surface area (Å²) in [5.41, 5.74) is 1.15. The molecule has 0 fully saturated rings. The molecule has 0 atom stereocenters. The second-order valence-electron chi connectivity index (χ2n) is 8.36. The van der Waals surface area contributed by atoms with E-state index in [1.54, 1.807) is 12.1 Å². The summed E-state index contributed by atoms with van der Waals surface area (Å²) in [6, 6.07) is 11.6. The number of hydrogen-bond acceptors (Lipinski definition) is 9. The van der Waals surface area contributed by atoms with Crippen LogP contribution in [0, 0.1) is 0 Å². The van der Waals surface area contributed by atoms with Crippen molar-refractivity contribution in [3.8, 4) is 5.75 Å². The van der Waals surface area contributed by atoms with Crippen LogP contribution < -0.4 is 14.8 Å². The fraction of sp³-hybridized carbons (Fsp3) is 0.269. The van der Waals surface area contributed by atoms with Gasteiger partial charge in [-0.15, -0.1) is 11.3 Å². The molecule has 1 aliphatic rings. The van der Waals surface area contributed by atoms with Crippen molar-refractivity contribution in [2.45, 2.75) is 30.6 Å². The number of fused-ring (bicyclic) bond motifs is 1. The van der Waals surface area contributed by atoms with Crippen molar-refractivity contribution in [2.24, 2.45) is 0 Å². The lowest BCUT2D eigenvalue weighted by Gasteiger charge is -2.13. The van der Waals surface area contributed by atoms with E-state index in [9.17, 15) is 22.8 Å². The summed E-state index contributed by atoms with van der Waals surface area (Å²) >= 11 is 1.32. The monoisotopic (exact) mass is 558 g/mol. The number of ether oxygens (including phenoxy) is 3. The first-order chi connectivity index (χ1) is 18.2. The third-order valence-electron chi connectivity index (χ3n) is 5.91. The molecule has 1 heterocycles.